The summed E-state index contributed by atoms with van der Waals surface area (Å²) in [6.45, 7) is 13.5. The molecule has 5 aromatic carbocycles. The van der Waals surface area contributed by atoms with Gasteiger partial charge < -0.3 is 9.13 Å². The van der Waals surface area contributed by atoms with Gasteiger partial charge in [0.2, 0.25) is 0 Å². The maximum atomic E-state index is 10.6. The fourth-order valence-corrected chi connectivity index (χ4v) is 7.24. The second kappa shape index (κ2) is 10.7. The van der Waals surface area contributed by atoms with Crippen molar-refractivity contribution in [2.24, 2.45) is 0 Å². The van der Waals surface area contributed by atoms with Crippen LogP contribution in [0.4, 0.5) is 0 Å². The Morgan fingerprint density at radius 1 is 0.521 bits per heavy atom. The molecule has 8 aromatic rings. The van der Waals surface area contributed by atoms with E-state index in [4.69, 9.17) is 0 Å². The first-order valence-corrected chi connectivity index (χ1v) is 16.6. The van der Waals surface area contributed by atoms with Crippen LogP contribution in [-0.4, -0.2) is 14.1 Å². The van der Waals surface area contributed by atoms with Gasteiger partial charge in [0.15, 0.2) is 0 Å². The van der Waals surface area contributed by atoms with E-state index in [1.165, 1.54) is 32.7 Å². The third-order valence-corrected chi connectivity index (χ3v) is 9.75. The number of hydrogen-bond acceptors (Lipinski definition) is 2. The molecule has 0 atom stereocenters. The van der Waals surface area contributed by atoms with Crippen LogP contribution in [0.3, 0.4) is 0 Å². The molecule has 0 aliphatic heterocycles. The van der Waals surface area contributed by atoms with Crippen molar-refractivity contribution >= 4 is 43.6 Å². The summed E-state index contributed by atoms with van der Waals surface area (Å²) in [5.41, 5.74) is 11.6. The number of rotatable bonds is 3. The Labute approximate surface area is 281 Å². The van der Waals surface area contributed by atoms with Crippen LogP contribution in [0.25, 0.3) is 66.1 Å². The molecule has 0 amide bonds. The molecule has 0 saturated carbocycles. The van der Waals surface area contributed by atoms with Crippen LogP contribution in [0.1, 0.15) is 58.2 Å². The Morgan fingerprint density at radius 3 is 1.40 bits per heavy atom. The van der Waals surface area contributed by atoms with Gasteiger partial charge in [-0.05, 0) is 88.2 Å². The highest BCUT2D eigenvalue weighted by Gasteiger charge is 2.25. The van der Waals surface area contributed by atoms with Crippen LogP contribution in [0.2, 0.25) is 0 Å². The Bertz CT molecular complexity index is 2430. The molecule has 0 saturated heterocycles. The Balaban J connectivity index is 1.55. The lowest BCUT2D eigenvalue weighted by molar-refractivity contribution is 0.591. The summed E-state index contributed by atoms with van der Waals surface area (Å²) in [6, 6.07) is 41.7. The molecule has 4 heteroatoms. The highest BCUT2D eigenvalue weighted by molar-refractivity contribution is 6.12. The number of para-hydroxylation sites is 2. The van der Waals surface area contributed by atoms with Gasteiger partial charge in [0.05, 0.1) is 45.1 Å². The van der Waals surface area contributed by atoms with Gasteiger partial charge in [-0.3, -0.25) is 4.98 Å². The Morgan fingerprint density at radius 2 is 0.958 bits per heavy atom. The van der Waals surface area contributed by atoms with Crippen LogP contribution >= 0.6 is 0 Å². The molecule has 8 rings (SSSR count). The van der Waals surface area contributed by atoms with Crippen molar-refractivity contribution in [1.82, 2.24) is 14.1 Å². The van der Waals surface area contributed by atoms with Gasteiger partial charge in [0.1, 0.15) is 0 Å². The number of aromatic nitrogens is 3. The smallest absolute Gasteiger partial charge is 0.0993 e. The summed E-state index contributed by atoms with van der Waals surface area (Å²) >= 11 is 0. The van der Waals surface area contributed by atoms with Gasteiger partial charge in [0.25, 0.3) is 0 Å². The topological polar surface area (TPSA) is 46.5 Å². The van der Waals surface area contributed by atoms with Gasteiger partial charge >= 0.3 is 0 Å². The van der Waals surface area contributed by atoms with Crippen molar-refractivity contribution in [2.75, 3.05) is 0 Å². The summed E-state index contributed by atoms with van der Waals surface area (Å²) in [5.74, 6) is 0. The minimum atomic E-state index is 0.0108. The average Bonchev–Trinajstić information content (AvgIpc) is 3.59. The van der Waals surface area contributed by atoms with Crippen LogP contribution < -0.4 is 0 Å². The normalized spacial score (nSPS) is 12.4. The quantitative estimate of drug-likeness (QED) is 0.197. The second-order valence-electron chi connectivity index (χ2n) is 14.9. The molecule has 0 unspecified atom stereocenters. The standard InChI is InChI=1S/C44H38N4/c1-43(2,3)30-15-17-38-34(25-30)32-11-7-9-13-36(32)47(38)40-23-28(27-45)24-41(42(40)29-19-21-46-22-20-29)48-37-14-10-8-12-33(37)35-26-31(44(4,5)6)16-18-39(35)48/h7-26H,1-6H3. The minimum absolute atomic E-state index is 0.0108. The zero-order chi connectivity index (χ0) is 33.4. The van der Waals surface area contributed by atoms with Gasteiger partial charge in [-0.1, -0.05) is 90.1 Å². The van der Waals surface area contributed by atoms with Gasteiger partial charge in [-0.15, -0.1) is 0 Å². The summed E-state index contributed by atoms with van der Waals surface area (Å²) < 4.78 is 4.70. The van der Waals surface area contributed by atoms with Crippen LogP contribution in [0, 0.1) is 11.3 Å². The highest BCUT2D eigenvalue weighted by atomic mass is 15.0. The predicted octanol–water partition coefficient (Wildman–Crippen LogP) is 11.4. The molecule has 0 fully saturated rings. The lowest BCUT2D eigenvalue weighted by Crippen LogP contribution is -2.10. The molecule has 0 aliphatic rings. The average molecular weight is 623 g/mol. The molecule has 0 bridgehead atoms. The van der Waals surface area contributed by atoms with Gasteiger partial charge in [-0.25, -0.2) is 0 Å². The van der Waals surface area contributed by atoms with E-state index >= 15 is 0 Å². The molecular formula is C44H38N4. The Hall–Kier alpha value is -5.66. The van der Waals surface area contributed by atoms with E-state index in [0.717, 1.165) is 44.6 Å². The first kappa shape index (κ1) is 29.7. The van der Waals surface area contributed by atoms with Crippen LogP contribution in [0.5, 0.6) is 0 Å². The van der Waals surface area contributed by atoms with Crippen LogP contribution in [-0.2, 0) is 10.8 Å². The second-order valence-corrected chi connectivity index (χ2v) is 14.9. The lowest BCUT2D eigenvalue weighted by Gasteiger charge is -2.22. The fourth-order valence-electron chi connectivity index (χ4n) is 7.24. The maximum absolute atomic E-state index is 10.6. The Kier molecular flexibility index (Phi) is 6.62. The van der Waals surface area contributed by atoms with Gasteiger partial charge in [-0.2, -0.15) is 5.26 Å². The predicted molar refractivity (Wildman–Crippen MR) is 200 cm³/mol. The van der Waals surface area contributed by atoms with E-state index in [-0.39, 0.29) is 10.8 Å². The van der Waals surface area contributed by atoms with E-state index < -0.39 is 0 Å². The zero-order valence-electron chi connectivity index (χ0n) is 28.3. The molecule has 0 radical (unpaired) electrons. The summed E-state index contributed by atoms with van der Waals surface area (Å²) in [6.07, 6.45) is 3.70. The molecule has 3 heterocycles. The van der Waals surface area contributed by atoms with Crippen molar-refractivity contribution in [3.05, 3.63) is 138 Å². The number of nitrogens with zero attached hydrogens (tertiary/aromatic N) is 4. The van der Waals surface area contributed by atoms with Crippen molar-refractivity contribution < 1.29 is 0 Å². The highest BCUT2D eigenvalue weighted by Crippen LogP contribution is 2.43. The maximum Gasteiger partial charge on any atom is 0.0993 e. The number of nitriles is 1. The molecule has 0 aliphatic carbocycles. The van der Waals surface area contributed by atoms with E-state index in [1.54, 1.807) is 0 Å². The third-order valence-electron chi connectivity index (χ3n) is 9.75. The van der Waals surface area contributed by atoms with E-state index in [2.05, 4.69) is 171 Å². The molecule has 0 N–H and O–H groups in total. The third kappa shape index (κ3) is 4.61. The fraction of sp³-hybridized carbons (Fsp3) is 0.182. The van der Waals surface area contributed by atoms with Crippen molar-refractivity contribution in [3.63, 3.8) is 0 Å². The van der Waals surface area contributed by atoms with Crippen molar-refractivity contribution in [1.29, 1.82) is 5.26 Å². The molecular weight excluding hydrogens is 585 g/mol. The molecule has 234 valence electrons. The largest absolute Gasteiger partial charge is 0.308 e. The van der Waals surface area contributed by atoms with E-state index in [0.29, 0.717) is 5.56 Å². The molecule has 48 heavy (non-hydrogen) atoms. The zero-order valence-corrected chi connectivity index (χ0v) is 28.3. The monoisotopic (exact) mass is 622 g/mol. The number of pyridine rings is 1. The summed E-state index contributed by atoms with van der Waals surface area (Å²) in [7, 11) is 0. The van der Waals surface area contributed by atoms with Crippen molar-refractivity contribution in [3.8, 4) is 28.6 Å². The van der Waals surface area contributed by atoms with E-state index in [9.17, 15) is 5.26 Å². The molecule has 3 aromatic heterocycles. The number of fused-ring (bicyclic) bond motifs is 6. The first-order valence-electron chi connectivity index (χ1n) is 16.6. The first-order chi connectivity index (χ1) is 23.0. The number of benzene rings is 5. The van der Waals surface area contributed by atoms with Crippen molar-refractivity contribution in [2.45, 2.75) is 52.4 Å². The molecule has 4 nitrogen and oxygen atoms in total. The van der Waals surface area contributed by atoms with Crippen LogP contribution in [0.15, 0.2) is 122 Å². The summed E-state index contributed by atoms with van der Waals surface area (Å²) in [5, 5.41) is 15.4. The van der Waals surface area contributed by atoms with E-state index in [1.807, 2.05) is 12.4 Å². The summed E-state index contributed by atoms with van der Waals surface area (Å²) in [4.78, 5) is 4.39. The minimum Gasteiger partial charge on any atom is -0.308 e. The molecule has 0 spiro atoms. The lowest BCUT2D eigenvalue weighted by atomic mass is 9.86. The van der Waals surface area contributed by atoms with Gasteiger partial charge in [0, 0.05) is 39.5 Å². The number of hydrogen-bond donors (Lipinski definition) is 0. The SMILES string of the molecule is CC(C)(C)c1ccc2c(c1)c1ccccc1n2-c1cc(C#N)cc(-n2c3ccccc3c3cc(C(C)(C)C)ccc32)c1-c1ccncc1.